The number of esters is 1. The summed E-state index contributed by atoms with van der Waals surface area (Å²) in [5.74, 6) is 0.158. The van der Waals surface area contributed by atoms with E-state index in [1.54, 1.807) is 20.1 Å². The Kier molecular flexibility index (Phi) is 7.59. The molecule has 1 fully saturated rings. The molecule has 140 valence electrons. The zero-order chi connectivity index (χ0) is 18.9. The fourth-order valence-electron chi connectivity index (χ4n) is 2.77. The van der Waals surface area contributed by atoms with Gasteiger partial charge in [-0.1, -0.05) is 18.2 Å². The minimum atomic E-state index is -0.298. The maximum atomic E-state index is 12.1. The van der Waals surface area contributed by atoms with Gasteiger partial charge in [0.1, 0.15) is 5.75 Å². The first-order chi connectivity index (χ1) is 12.5. The number of thiocarbonyl (C=S) groups is 1. The molecule has 0 bridgehead atoms. The summed E-state index contributed by atoms with van der Waals surface area (Å²) < 4.78 is 10.3. The molecule has 1 aromatic rings. The number of benzene rings is 1. The Morgan fingerprint density at radius 2 is 2.00 bits per heavy atom. The van der Waals surface area contributed by atoms with Gasteiger partial charge in [-0.05, 0) is 44.1 Å². The average molecular weight is 376 g/mol. The first-order valence-corrected chi connectivity index (χ1v) is 9.03. The summed E-state index contributed by atoms with van der Waals surface area (Å²) in [6.45, 7) is 3.44. The van der Waals surface area contributed by atoms with Crippen LogP contribution in [0.5, 0.6) is 5.75 Å². The number of nitrogens with one attached hydrogen (secondary N) is 1. The fourth-order valence-corrected chi connectivity index (χ4v) is 3.06. The van der Waals surface area contributed by atoms with Crippen molar-refractivity contribution in [3.63, 3.8) is 0 Å². The Morgan fingerprint density at radius 1 is 1.31 bits per heavy atom. The SMILES string of the molecule is CCOC(=O)C1CCN(C(=S)NC(=O)/C=C/c2ccccc2OC)CC1. The molecule has 0 atom stereocenters. The largest absolute Gasteiger partial charge is 0.496 e. The summed E-state index contributed by atoms with van der Waals surface area (Å²) in [6, 6.07) is 7.43. The molecule has 2 rings (SSSR count). The normalized spacial score (nSPS) is 14.9. The van der Waals surface area contributed by atoms with E-state index in [0.717, 1.165) is 5.56 Å². The van der Waals surface area contributed by atoms with E-state index in [2.05, 4.69) is 5.32 Å². The first-order valence-electron chi connectivity index (χ1n) is 8.62. The number of hydrogen-bond donors (Lipinski definition) is 1. The second-order valence-corrected chi connectivity index (χ2v) is 6.27. The molecule has 6 nitrogen and oxygen atoms in total. The molecule has 7 heteroatoms. The summed E-state index contributed by atoms with van der Waals surface area (Å²) in [5, 5.41) is 3.08. The number of amides is 1. The van der Waals surface area contributed by atoms with Crippen molar-refractivity contribution in [3.8, 4) is 5.75 Å². The maximum absolute atomic E-state index is 12.1. The van der Waals surface area contributed by atoms with Crippen molar-refractivity contribution >= 4 is 35.3 Å². The predicted molar refractivity (Wildman–Crippen MR) is 104 cm³/mol. The molecule has 1 amide bonds. The van der Waals surface area contributed by atoms with E-state index in [1.165, 1.54) is 6.08 Å². The first kappa shape index (κ1) is 19.9. The Balaban J connectivity index is 1.83. The molecule has 1 aromatic carbocycles. The van der Waals surface area contributed by atoms with Crippen LogP contribution in [0.25, 0.3) is 6.08 Å². The van der Waals surface area contributed by atoms with Crippen LogP contribution in [0.4, 0.5) is 0 Å². The Morgan fingerprint density at radius 3 is 2.65 bits per heavy atom. The van der Waals surface area contributed by atoms with Crippen LogP contribution in [0.2, 0.25) is 0 Å². The highest BCUT2D eigenvalue weighted by atomic mass is 32.1. The summed E-state index contributed by atoms with van der Waals surface area (Å²) in [5.41, 5.74) is 0.811. The number of hydrogen-bond acceptors (Lipinski definition) is 5. The van der Waals surface area contributed by atoms with E-state index in [1.807, 2.05) is 29.2 Å². The van der Waals surface area contributed by atoms with Gasteiger partial charge in [0, 0.05) is 24.7 Å². The van der Waals surface area contributed by atoms with Crippen molar-refractivity contribution in [1.82, 2.24) is 10.2 Å². The number of likely N-dealkylation sites (tertiary alicyclic amines) is 1. The van der Waals surface area contributed by atoms with Gasteiger partial charge in [0.2, 0.25) is 5.91 Å². The van der Waals surface area contributed by atoms with Gasteiger partial charge < -0.3 is 14.4 Å². The van der Waals surface area contributed by atoms with Crippen LogP contribution in [0.1, 0.15) is 25.3 Å². The number of carbonyl (C=O) groups excluding carboxylic acids is 2. The number of ether oxygens (including phenoxy) is 2. The summed E-state index contributed by atoms with van der Waals surface area (Å²) in [7, 11) is 1.59. The zero-order valence-electron chi connectivity index (χ0n) is 15.1. The molecule has 1 aliphatic heterocycles. The molecule has 0 unspecified atom stereocenters. The Labute approximate surface area is 159 Å². The number of piperidine rings is 1. The van der Waals surface area contributed by atoms with Crippen molar-refractivity contribution in [3.05, 3.63) is 35.9 Å². The van der Waals surface area contributed by atoms with Gasteiger partial charge in [0.15, 0.2) is 5.11 Å². The highest BCUT2D eigenvalue weighted by Gasteiger charge is 2.27. The quantitative estimate of drug-likeness (QED) is 0.483. The lowest BCUT2D eigenvalue weighted by Crippen LogP contribution is -2.46. The molecule has 1 saturated heterocycles. The van der Waals surface area contributed by atoms with Gasteiger partial charge in [-0.15, -0.1) is 0 Å². The van der Waals surface area contributed by atoms with Crippen LogP contribution in [-0.4, -0.2) is 48.7 Å². The van der Waals surface area contributed by atoms with E-state index >= 15 is 0 Å². The highest BCUT2D eigenvalue weighted by Crippen LogP contribution is 2.19. The third-order valence-corrected chi connectivity index (χ3v) is 4.55. The van der Waals surface area contributed by atoms with Gasteiger partial charge >= 0.3 is 5.97 Å². The van der Waals surface area contributed by atoms with E-state index in [4.69, 9.17) is 21.7 Å². The van der Waals surface area contributed by atoms with E-state index < -0.39 is 0 Å². The molecule has 0 aromatic heterocycles. The van der Waals surface area contributed by atoms with Gasteiger partial charge in [0.25, 0.3) is 0 Å². The molecule has 1 aliphatic rings. The van der Waals surface area contributed by atoms with E-state index in [0.29, 0.717) is 43.4 Å². The number of methoxy groups -OCH3 is 1. The number of nitrogens with zero attached hydrogens (tertiary/aromatic N) is 1. The van der Waals surface area contributed by atoms with Gasteiger partial charge in [-0.2, -0.15) is 0 Å². The molecule has 1 N–H and O–H groups in total. The van der Waals surface area contributed by atoms with Crippen molar-refractivity contribution in [1.29, 1.82) is 0 Å². The van der Waals surface area contributed by atoms with E-state index in [9.17, 15) is 9.59 Å². The second-order valence-electron chi connectivity index (χ2n) is 5.88. The molecule has 0 aliphatic carbocycles. The predicted octanol–water partition coefficient (Wildman–Crippen LogP) is 2.38. The summed E-state index contributed by atoms with van der Waals surface area (Å²) >= 11 is 5.30. The minimum Gasteiger partial charge on any atom is -0.496 e. The van der Waals surface area contributed by atoms with Gasteiger partial charge in [-0.25, -0.2) is 0 Å². The average Bonchev–Trinajstić information content (AvgIpc) is 2.66. The third kappa shape index (κ3) is 5.56. The van der Waals surface area contributed by atoms with Crippen LogP contribution < -0.4 is 10.1 Å². The molecule has 1 heterocycles. The number of carbonyl (C=O) groups is 2. The van der Waals surface area contributed by atoms with Crippen LogP contribution in [0.15, 0.2) is 30.3 Å². The van der Waals surface area contributed by atoms with E-state index in [-0.39, 0.29) is 17.8 Å². The van der Waals surface area contributed by atoms with Gasteiger partial charge in [-0.3, -0.25) is 14.9 Å². The van der Waals surface area contributed by atoms with Gasteiger partial charge in [0.05, 0.1) is 19.6 Å². The summed E-state index contributed by atoms with van der Waals surface area (Å²) in [4.78, 5) is 25.8. The van der Waals surface area contributed by atoms with Crippen molar-refractivity contribution < 1.29 is 19.1 Å². The number of rotatable bonds is 5. The Hall–Kier alpha value is -2.41. The standard InChI is InChI=1S/C19H24N2O4S/c1-3-25-18(23)15-10-12-21(13-11-15)19(26)20-17(22)9-8-14-6-4-5-7-16(14)24-2/h4-9,15H,3,10-13H2,1-2H3,(H,20,22,26)/b9-8+. The molecular formula is C19H24N2O4S. The topological polar surface area (TPSA) is 67.9 Å². The Bertz CT molecular complexity index is 682. The van der Waals surface area contributed by atoms with Crippen molar-refractivity contribution in [2.45, 2.75) is 19.8 Å². The lowest BCUT2D eigenvalue weighted by Gasteiger charge is -2.32. The molecule has 0 spiro atoms. The molecule has 26 heavy (non-hydrogen) atoms. The zero-order valence-corrected chi connectivity index (χ0v) is 15.9. The maximum Gasteiger partial charge on any atom is 0.309 e. The molecule has 0 saturated carbocycles. The lowest BCUT2D eigenvalue weighted by atomic mass is 9.97. The monoisotopic (exact) mass is 376 g/mol. The number of para-hydroxylation sites is 1. The minimum absolute atomic E-state index is 0.0878. The van der Waals surface area contributed by atoms with Crippen LogP contribution in [0.3, 0.4) is 0 Å². The highest BCUT2D eigenvalue weighted by molar-refractivity contribution is 7.80. The third-order valence-electron chi connectivity index (χ3n) is 4.19. The summed E-state index contributed by atoms with van der Waals surface area (Å²) in [6.07, 6.45) is 4.46. The lowest BCUT2D eigenvalue weighted by molar-refractivity contribution is -0.149. The smallest absolute Gasteiger partial charge is 0.309 e. The molecular weight excluding hydrogens is 352 g/mol. The second kappa shape index (κ2) is 9.91. The van der Waals surface area contributed by atoms with Crippen molar-refractivity contribution in [2.75, 3.05) is 26.8 Å². The van der Waals surface area contributed by atoms with Crippen LogP contribution >= 0.6 is 12.2 Å². The molecule has 0 radical (unpaired) electrons. The van der Waals surface area contributed by atoms with Crippen LogP contribution in [-0.2, 0) is 14.3 Å². The fraction of sp³-hybridized carbons (Fsp3) is 0.421. The van der Waals surface area contributed by atoms with Crippen molar-refractivity contribution in [2.24, 2.45) is 5.92 Å². The van der Waals surface area contributed by atoms with Crippen LogP contribution in [0, 0.1) is 5.92 Å².